The van der Waals surface area contributed by atoms with E-state index in [1.54, 1.807) is 0 Å². The molecular formula is C25H44O4. The summed E-state index contributed by atoms with van der Waals surface area (Å²) in [5, 5.41) is 0. The molecule has 0 aliphatic heterocycles. The van der Waals surface area contributed by atoms with Crippen LogP contribution in [-0.2, 0) is 19.1 Å². The predicted molar refractivity (Wildman–Crippen MR) is 120 cm³/mol. The highest BCUT2D eigenvalue weighted by molar-refractivity contribution is 5.80. The lowest BCUT2D eigenvalue weighted by Crippen LogP contribution is -2.21. The molecule has 0 fully saturated rings. The zero-order valence-corrected chi connectivity index (χ0v) is 18.8. The molecule has 1 unspecified atom stereocenters. The first-order chi connectivity index (χ1) is 14.2. The van der Waals surface area contributed by atoms with Crippen LogP contribution in [0.4, 0.5) is 0 Å². The quantitative estimate of drug-likeness (QED) is 0.0866. The van der Waals surface area contributed by atoms with Gasteiger partial charge in [0.25, 0.3) is 0 Å². The van der Waals surface area contributed by atoms with E-state index < -0.39 is 11.9 Å². The number of unbranched alkanes of at least 4 members (excludes halogenated alkanes) is 13. The summed E-state index contributed by atoms with van der Waals surface area (Å²) in [5.74, 6) is -1.24. The lowest BCUT2D eigenvalue weighted by Gasteiger charge is -2.13. The molecule has 0 saturated heterocycles. The van der Waals surface area contributed by atoms with Gasteiger partial charge in [0.1, 0.15) is 6.61 Å². The highest BCUT2D eigenvalue weighted by atomic mass is 16.5. The van der Waals surface area contributed by atoms with Crippen molar-refractivity contribution in [2.45, 2.75) is 110 Å². The number of hydrogen-bond acceptors (Lipinski definition) is 4. The third kappa shape index (κ3) is 18.2. The summed E-state index contributed by atoms with van der Waals surface area (Å²) < 4.78 is 9.86. The second-order valence-corrected chi connectivity index (χ2v) is 7.86. The lowest BCUT2D eigenvalue weighted by molar-refractivity contribution is -0.151. The molecule has 0 amide bonds. The maximum Gasteiger partial charge on any atom is 0.314 e. The highest BCUT2D eigenvalue weighted by Gasteiger charge is 2.23. The predicted octanol–water partition coefficient (Wildman–Crippen LogP) is 7.28. The van der Waals surface area contributed by atoms with Gasteiger partial charge in [-0.05, 0) is 6.42 Å². The fourth-order valence-electron chi connectivity index (χ4n) is 3.48. The molecule has 1 atom stereocenters. The second-order valence-electron chi connectivity index (χ2n) is 7.86. The molecule has 0 aromatic carbocycles. The Bertz CT molecular complexity index is 431. The Kier molecular flexibility index (Phi) is 20.0. The zero-order chi connectivity index (χ0) is 21.6. The summed E-state index contributed by atoms with van der Waals surface area (Å²) in [6, 6.07) is 0. The van der Waals surface area contributed by atoms with E-state index in [9.17, 15) is 9.59 Å². The molecule has 4 heteroatoms. The van der Waals surface area contributed by atoms with Gasteiger partial charge in [-0.3, -0.25) is 9.59 Å². The van der Waals surface area contributed by atoms with Gasteiger partial charge in [-0.1, -0.05) is 116 Å². The van der Waals surface area contributed by atoms with Gasteiger partial charge in [0, 0.05) is 0 Å². The van der Waals surface area contributed by atoms with E-state index in [0.29, 0.717) is 6.42 Å². The Labute approximate surface area is 179 Å². The molecule has 0 saturated carbocycles. The van der Waals surface area contributed by atoms with Crippen molar-refractivity contribution in [3.8, 4) is 0 Å². The lowest BCUT2D eigenvalue weighted by atomic mass is 9.97. The number of rotatable bonds is 21. The molecule has 0 bridgehead atoms. The molecule has 0 aliphatic rings. The number of carbonyl (C=O) groups is 2. The van der Waals surface area contributed by atoms with E-state index in [0.717, 1.165) is 19.1 Å². The summed E-state index contributed by atoms with van der Waals surface area (Å²) in [5.41, 5.74) is 0. The Morgan fingerprint density at radius 1 is 0.793 bits per heavy atom. The Hall–Kier alpha value is -1.58. The maximum atomic E-state index is 12.0. The third-order valence-corrected chi connectivity index (χ3v) is 5.21. The van der Waals surface area contributed by atoms with Crippen LogP contribution in [0.25, 0.3) is 0 Å². The number of hydrogen-bond donors (Lipinski definition) is 0. The minimum absolute atomic E-state index is 0.0545. The molecule has 0 heterocycles. The van der Waals surface area contributed by atoms with Crippen LogP contribution >= 0.6 is 0 Å². The van der Waals surface area contributed by atoms with Crippen molar-refractivity contribution in [2.24, 2.45) is 5.92 Å². The second kappa shape index (κ2) is 21.1. The first kappa shape index (κ1) is 27.4. The van der Waals surface area contributed by atoms with Gasteiger partial charge in [0.15, 0.2) is 0 Å². The van der Waals surface area contributed by atoms with Gasteiger partial charge in [-0.25, -0.2) is 0 Å². The summed E-state index contributed by atoms with van der Waals surface area (Å²) in [6.07, 6.45) is 21.4. The zero-order valence-electron chi connectivity index (χ0n) is 18.8. The number of ether oxygens (including phenoxy) is 2. The average Bonchev–Trinajstić information content (AvgIpc) is 2.71. The van der Waals surface area contributed by atoms with E-state index in [1.807, 2.05) is 0 Å². The van der Waals surface area contributed by atoms with E-state index in [2.05, 4.69) is 20.1 Å². The van der Waals surface area contributed by atoms with Crippen molar-refractivity contribution < 1.29 is 19.1 Å². The molecule has 0 radical (unpaired) electrons. The molecule has 168 valence electrons. The van der Waals surface area contributed by atoms with Crippen LogP contribution in [0.1, 0.15) is 110 Å². The van der Waals surface area contributed by atoms with Gasteiger partial charge in [-0.2, -0.15) is 0 Å². The highest BCUT2D eigenvalue weighted by Crippen LogP contribution is 2.18. The number of carbonyl (C=O) groups excluding carboxylic acids is 2. The summed E-state index contributed by atoms with van der Waals surface area (Å²) >= 11 is 0. The minimum Gasteiger partial charge on any atom is -0.461 e. The number of esters is 2. The molecule has 0 rings (SSSR count). The van der Waals surface area contributed by atoms with Crippen molar-refractivity contribution in [2.75, 3.05) is 6.61 Å². The van der Waals surface area contributed by atoms with Crippen molar-refractivity contribution in [3.05, 3.63) is 25.5 Å². The first-order valence-electron chi connectivity index (χ1n) is 11.7. The summed E-state index contributed by atoms with van der Waals surface area (Å²) in [6.45, 7) is 9.35. The van der Waals surface area contributed by atoms with Crippen LogP contribution in [-0.4, -0.2) is 18.5 Å². The van der Waals surface area contributed by atoms with Crippen LogP contribution in [0.3, 0.4) is 0 Å². The molecule has 4 nitrogen and oxygen atoms in total. The maximum absolute atomic E-state index is 12.0. The van der Waals surface area contributed by atoms with Crippen LogP contribution < -0.4 is 0 Å². The Morgan fingerprint density at radius 3 is 1.72 bits per heavy atom. The largest absolute Gasteiger partial charge is 0.461 e. The third-order valence-electron chi connectivity index (χ3n) is 5.21. The standard InChI is InChI=1S/C25H44O4/c1-4-7-8-9-10-11-12-13-14-15-16-17-18-19-20-23(25(27)28-6-3)22-24(26)29-21-5-2/h5-6,23H,2-4,7-22H2,1H3. The van der Waals surface area contributed by atoms with Crippen molar-refractivity contribution in [3.63, 3.8) is 0 Å². The average molecular weight is 409 g/mol. The molecule has 0 aromatic rings. The summed E-state index contributed by atoms with van der Waals surface area (Å²) in [7, 11) is 0. The molecule has 29 heavy (non-hydrogen) atoms. The van der Waals surface area contributed by atoms with Crippen LogP contribution in [0.2, 0.25) is 0 Å². The first-order valence-corrected chi connectivity index (χ1v) is 11.7. The molecule has 0 spiro atoms. The van der Waals surface area contributed by atoms with Crippen LogP contribution in [0.15, 0.2) is 25.5 Å². The topological polar surface area (TPSA) is 52.6 Å². The molecular weight excluding hydrogens is 364 g/mol. The smallest absolute Gasteiger partial charge is 0.314 e. The van der Waals surface area contributed by atoms with Crippen molar-refractivity contribution in [1.29, 1.82) is 0 Å². The van der Waals surface area contributed by atoms with Gasteiger partial charge in [0.05, 0.1) is 18.6 Å². The molecule has 0 aromatic heterocycles. The fraction of sp³-hybridized carbons (Fsp3) is 0.760. The van der Waals surface area contributed by atoms with E-state index >= 15 is 0 Å². The van der Waals surface area contributed by atoms with Gasteiger partial charge in [-0.15, -0.1) is 0 Å². The molecule has 0 aliphatic carbocycles. The normalized spacial score (nSPS) is 11.6. The summed E-state index contributed by atoms with van der Waals surface area (Å²) in [4.78, 5) is 23.8. The van der Waals surface area contributed by atoms with Gasteiger partial charge >= 0.3 is 11.9 Å². The Morgan fingerprint density at radius 2 is 1.28 bits per heavy atom. The van der Waals surface area contributed by atoms with Gasteiger partial charge < -0.3 is 9.47 Å². The fourth-order valence-corrected chi connectivity index (χ4v) is 3.48. The minimum atomic E-state index is -0.456. The van der Waals surface area contributed by atoms with Crippen LogP contribution in [0, 0.1) is 5.92 Å². The van der Waals surface area contributed by atoms with E-state index in [-0.39, 0.29) is 19.0 Å². The van der Waals surface area contributed by atoms with Crippen molar-refractivity contribution >= 4 is 11.9 Å². The van der Waals surface area contributed by atoms with Crippen LogP contribution in [0.5, 0.6) is 0 Å². The van der Waals surface area contributed by atoms with E-state index in [4.69, 9.17) is 9.47 Å². The molecule has 0 N–H and O–H groups in total. The monoisotopic (exact) mass is 408 g/mol. The van der Waals surface area contributed by atoms with E-state index in [1.165, 1.54) is 83.1 Å². The van der Waals surface area contributed by atoms with Crippen molar-refractivity contribution in [1.82, 2.24) is 0 Å². The van der Waals surface area contributed by atoms with Gasteiger partial charge in [0.2, 0.25) is 0 Å². The SMILES string of the molecule is C=CCOC(=O)CC(CCCCCCCCCCCCCCCC)C(=O)OC=C. The Balaban J connectivity index is 3.71.